The van der Waals surface area contributed by atoms with Crippen molar-refractivity contribution in [1.82, 2.24) is 19.3 Å². The van der Waals surface area contributed by atoms with Gasteiger partial charge in [0.1, 0.15) is 5.82 Å². The minimum absolute atomic E-state index is 0.0682. The molecule has 0 aliphatic carbocycles. The minimum atomic E-state index is -0.961. The minimum Gasteiger partial charge on any atom is -0.481 e. The number of hydrogen-bond donors (Lipinski definition) is 1. The van der Waals surface area contributed by atoms with Gasteiger partial charge in [-0.2, -0.15) is 5.10 Å². The van der Waals surface area contributed by atoms with Crippen LogP contribution in [0.5, 0.6) is 0 Å². The molecule has 1 N–H and O–H groups in total. The van der Waals surface area contributed by atoms with Crippen molar-refractivity contribution in [3.63, 3.8) is 0 Å². The average molecular weight is 324 g/mol. The molecule has 0 radical (unpaired) electrons. The Morgan fingerprint density at radius 2 is 2.08 bits per heavy atom. The van der Waals surface area contributed by atoms with Crippen LogP contribution in [0.3, 0.4) is 0 Å². The molecule has 0 aliphatic heterocycles. The maximum absolute atomic E-state index is 12.7. The van der Waals surface area contributed by atoms with E-state index in [1.54, 1.807) is 41.2 Å². The van der Waals surface area contributed by atoms with E-state index < -0.39 is 5.97 Å². The third-order valence-corrected chi connectivity index (χ3v) is 3.59. The van der Waals surface area contributed by atoms with E-state index in [2.05, 4.69) is 10.1 Å². The highest BCUT2D eigenvalue weighted by Crippen LogP contribution is 2.11. The van der Waals surface area contributed by atoms with Crippen LogP contribution in [0.1, 0.15) is 17.8 Å². The molecule has 24 heavy (non-hydrogen) atoms. The van der Waals surface area contributed by atoms with E-state index in [-0.39, 0.29) is 18.5 Å². The molecule has 7 heteroatoms. The number of carboxylic acids is 1. The second kappa shape index (κ2) is 6.49. The first-order chi connectivity index (χ1) is 11.5. The van der Waals surface area contributed by atoms with Crippen LogP contribution in [0.2, 0.25) is 0 Å². The summed E-state index contributed by atoms with van der Waals surface area (Å²) in [5.74, 6) is -0.541. The fraction of sp³-hybridized carbons (Fsp3) is 0.176. The van der Waals surface area contributed by atoms with Crippen molar-refractivity contribution in [3.05, 3.63) is 58.4 Å². The molecule has 2 heterocycles. The molecule has 2 aromatic heterocycles. The van der Waals surface area contributed by atoms with Crippen LogP contribution in [-0.4, -0.2) is 30.4 Å². The Kier molecular flexibility index (Phi) is 4.24. The highest BCUT2D eigenvalue weighted by atomic mass is 16.4. The van der Waals surface area contributed by atoms with Gasteiger partial charge in [-0.1, -0.05) is 12.1 Å². The highest BCUT2D eigenvalue weighted by Gasteiger charge is 2.10. The van der Waals surface area contributed by atoms with Gasteiger partial charge in [0.2, 0.25) is 0 Å². The molecule has 0 bridgehead atoms. The number of aliphatic carboxylic acids is 1. The summed E-state index contributed by atoms with van der Waals surface area (Å²) in [6, 6.07) is 7.03. The Labute approximate surface area is 137 Å². The quantitative estimate of drug-likeness (QED) is 0.772. The summed E-state index contributed by atoms with van der Waals surface area (Å²) < 4.78 is 3.06. The Bertz CT molecular complexity index is 985. The number of benzene rings is 1. The molecule has 3 aromatic rings. The zero-order valence-electron chi connectivity index (χ0n) is 13.1. The summed E-state index contributed by atoms with van der Waals surface area (Å²) >= 11 is 0. The molecular formula is C17H16N4O3. The smallest absolute Gasteiger partial charge is 0.305 e. The Morgan fingerprint density at radius 3 is 2.79 bits per heavy atom. The number of fused-ring (bicyclic) bond motifs is 1. The number of carbonyl (C=O) groups is 1. The van der Waals surface area contributed by atoms with E-state index in [1.807, 2.05) is 19.3 Å². The maximum atomic E-state index is 12.7. The van der Waals surface area contributed by atoms with Crippen LogP contribution >= 0.6 is 0 Å². The lowest BCUT2D eigenvalue weighted by Gasteiger charge is -2.10. The third kappa shape index (κ3) is 3.24. The highest BCUT2D eigenvalue weighted by molar-refractivity contribution is 5.79. The van der Waals surface area contributed by atoms with Crippen LogP contribution in [-0.2, 0) is 18.4 Å². The van der Waals surface area contributed by atoms with Gasteiger partial charge in [-0.25, -0.2) is 4.98 Å². The van der Waals surface area contributed by atoms with E-state index in [4.69, 9.17) is 5.11 Å². The summed E-state index contributed by atoms with van der Waals surface area (Å²) in [5, 5.41) is 13.5. The van der Waals surface area contributed by atoms with Gasteiger partial charge in [0.05, 0.1) is 23.5 Å². The van der Waals surface area contributed by atoms with Gasteiger partial charge < -0.3 is 5.11 Å². The van der Waals surface area contributed by atoms with Gasteiger partial charge in [-0.15, -0.1) is 0 Å². The second-order valence-corrected chi connectivity index (χ2v) is 5.37. The number of carboxylic acid groups (broad SMARTS) is 1. The second-order valence-electron chi connectivity index (χ2n) is 5.37. The molecule has 0 aliphatic rings. The molecule has 3 rings (SSSR count). The molecule has 1 aromatic carbocycles. The van der Waals surface area contributed by atoms with Crippen molar-refractivity contribution in [1.29, 1.82) is 0 Å². The van der Waals surface area contributed by atoms with Crippen molar-refractivity contribution in [2.75, 3.05) is 0 Å². The zero-order valence-corrected chi connectivity index (χ0v) is 13.1. The molecule has 122 valence electrons. The predicted molar refractivity (Wildman–Crippen MR) is 90.4 cm³/mol. The number of para-hydroxylation sites is 1. The fourth-order valence-corrected chi connectivity index (χ4v) is 2.43. The van der Waals surface area contributed by atoms with Crippen molar-refractivity contribution < 1.29 is 9.90 Å². The molecule has 0 saturated heterocycles. The maximum Gasteiger partial charge on any atom is 0.305 e. The van der Waals surface area contributed by atoms with Gasteiger partial charge in [-0.3, -0.25) is 18.8 Å². The fourth-order valence-electron chi connectivity index (χ4n) is 2.43. The van der Waals surface area contributed by atoms with E-state index in [9.17, 15) is 9.59 Å². The number of hydrogen-bond acceptors (Lipinski definition) is 4. The van der Waals surface area contributed by atoms with Gasteiger partial charge in [-0.05, 0) is 24.3 Å². The standard InChI is InChI=1S/C17H16N4O3/c1-20-11-12(10-18-20)6-7-15-19-14-5-3-2-4-13(14)17(24)21(15)9-8-16(22)23/h2-7,10-11H,8-9H2,1H3,(H,22,23)/b7-6+. The number of aromatic nitrogens is 4. The van der Waals surface area contributed by atoms with Gasteiger partial charge in [0, 0.05) is 25.4 Å². The lowest BCUT2D eigenvalue weighted by Crippen LogP contribution is -2.25. The van der Waals surface area contributed by atoms with Crippen LogP contribution in [0.15, 0.2) is 41.5 Å². The van der Waals surface area contributed by atoms with Crippen LogP contribution in [0.25, 0.3) is 23.1 Å². The van der Waals surface area contributed by atoms with Crippen LogP contribution in [0, 0.1) is 0 Å². The average Bonchev–Trinajstić information content (AvgIpc) is 2.97. The van der Waals surface area contributed by atoms with Gasteiger partial charge in [0.15, 0.2) is 0 Å². The molecule has 0 unspecified atom stereocenters. The third-order valence-electron chi connectivity index (χ3n) is 3.59. The zero-order chi connectivity index (χ0) is 17.1. The van der Waals surface area contributed by atoms with Crippen molar-refractivity contribution >= 4 is 29.0 Å². The SMILES string of the molecule is Cn1cc(/C=C/c2nc3ccccc3c(=O)n2CCC(=O)O)cn1. The van der Waals surface area contributed by atoms with Gasteiger partial charge in [0.25, 0.3) is 5.56 Å². The Morgan fingerprint density at radius 1 is 1.29 bits per heavy atom. The molecular weight excluding hydrogens is 308 g/mol. The normalized spacial score (nSPS) is 11.4. The predicted octanol–water partition coefficient (Wildman–Crippen LogP) is 1.78. The number of rotatable bonds is 5. The van der Waals surface area contributed by atoms with E-state index in [0.717, 1.165) is 5.56 Å². The molecule has 0 fully saturated rings. The summed E-state index contributed by atoms with van der Waals surface area (Å²) in [4.78, 5) is 28.0. The van der Waals surface area contributed by atoms with E-state index in [1.165, 1.54) is 4.57 Å². The summed E-state index contributed by atoms with van der Waals surface area (Å²) in [5.41, 5.74) is 1.21. The largest absolute Gasteiger partial charge is 0.481 e. The number of aryl methyl sites for hydroxylation is 1. The summed E-state index contributed by atoms with van der Waals surface area (Å²) in [6.45, 7) is 0.0682. The lowest BCUT2D eigenvalue weighted by molar-refractivity contribution is -0.137. The van der Waals surface area contributed by atoms with Crippen LogP contribution in [0.4, 0.5) is 0 Å². The first kappa shape index (κ1) is 15.7. The monoisotopic (exact) mass is 324 g/mol. The first-order valence-electron chi connectivity index (χ1n) is 7.43. The molecule has 7 nitrogen and oxygen atoms in total. The molecule has 0 spiro atoms. The van der Waals surface area contributed by atoms with Crippen molar-refractivity contribution in [2.24, 2.45) is 7.05 Å². The molecule has 0 saturated carbocycles. The van der Waals surface area contributed by atoms with Gasteiger partial charge >= 0.3 is 5.97 Å². The molecule has 0 atom stereocenters. The van der Waals surface area contributed by atoms with Crippen LogP contribution < -0.4 is 5.56 Å². The Balaban J connectivity index is 2.09. The van der Waals surface area contributed by atoms with Crippen molar-refractivity contribution in [3.8, 4) is 0 Å². The topological polar surface area (TPSA) is 90.0 Å². The van der Waals surface area contributed by atoms with E-state index in [0.29, 0.717) is 16.7 Å². The first-order valence-corrected chi connectivity index (χ1v) is 7.43. The Hall–Kier alpha value is -3.22. The van der Waals surface area contributed by atoms with E-state index >= 15 is 0 Å². The number of nitrogens with zero attached hydrogens (tertiary/aromatic N) is 4. The van der Waals surface area contributed by atoms with Crippen molar-refractivity contribution in [2.45, 2.75) is 13.0 Å². The summed E-state index contributed by atoms with van der Waals surface area (Å²) in [7, 11) is 1.81. The lowest BCUT2D eigenvalue weighted by atomic mass is 10.2. The summed E-state index contributed by atoms with van der Waals surface area (Å²) in [6.07, 6.45) is 6.87. The molecule has 0 amide bonds.